The van der Waals surface area contributed by atoms with E-state index in [0.717, 1.165) is 23.7 Å². The maximum Gasteiger partial charge on any atom is 0.222 e. The predicted molar refractivity (Wildman–Crippen MR) is 103 cm³/mol. The van der Waals surface area contributed by atoms with Gasteiger partial charge in [-0.15, -0.1) is 12.4 Å². The highest BCUT2D eigenvalue weighted by atomic mass is 35.5. The molecule has 6 heteroatoms. The molecular formula is C19H28Cl2N2O2. The van der Waals surface area contributed by atoms with Crippen molar-refractivity contribution in [3.05, 3.63) is 34.9 Å². The van der Waals surface area contributed by atoms with Crippen LogP contribution in [0.1, 0.15) is 50.1 Å². The average molecular weight is 387 g/mol. The van der Waals surface area contributed by atoms with E-state index in [0.29, 0.717) is 18.9 Å². The topological polar surface area (TPSA) is 50.4 Å². The molecule has 2 N–H and O–H groups in total. The molecule has 1 saturated carbocycles. The molecule has 3 rings (SSSR count). The van der Waals surface area contributed by atoms with Crippen LogP contribution in [0.5, 0.6) is 0 Å². The van der Waals surface area contributed by atoms with E-state index in [1.165, 1.54) is 32.1 Å². The maximum atomic E-state index is 12.6. The third kappa shape index (κ3) is 6.14. The van der Waals surface area contributed by atoms with E-state index in [-0.39, 0.29) is 30.4 Å². The van der Waals surface area contributed by atoms with Gasteiger partial charge in [0.05, 0.1) is 19.3 Å². The van der Waals surface area contributed by atoms with Gasteiger partial charge in [0.15, 0.2) is 0 Å². The summed E-state index contributed by atoms with van der Waals surface area (Å²) in [6, 6.07) is 8.09. The van der Waals surface area contributed by atoms with Gasteiger partial charge < -0.3 is 15.4 Å². The molecule has 1 aromatic rings. The fourth-order valence-electron chi connectivity index (χ4n) is 3.85. The summed E-state index contributed by atoms with van der Waals surface area (Å²) < 4.78 is 5.44. The summed E-state index contributed by atoms with van der Waals surface area (Å²) in [6.07, 6.45) is 6.59. The SMILES string of the molecule is Cl.O=C(CC1COCCN1)NC(c1cccc(Cl)c1)C1CCCCC1. The molecule has 1 amide bonds. The van der Waals surface area contributed by atoms with Crippen LogP contribution in [-0.2, 0) is 9.53 Å². The largest absolute Gasteiger partial charge is 0.378 e. The average Bonchev–Trinajstić information content (AvgIpc) is 2.61. The lowest BCUT2D eigenvalue weighted by Gasteiger charge is -2.32. The Morgan fingerprint density at radius 3 is 2.80 bits per heavy atom. The van der Waals surface area contributed by atoms with Crippen molar-refractivity contribution in [1.29, 1.82) is 0 Å². The van der Waals surface area contributed by atoms with Crippen LogP contribution in [0.4, 0.5) is 0 Å². The number of halogens is 2. The van der Waals surface area contributed by atoms with Crippen molar-refractivity contribution in [2.24, 2.45) is 5.92 Å². The first-order valence-corrected chi connectivity index (χ1v) is 9.46. The third-order valence-electron chi connectivity index (χ3n) is 5.08. The van der Waals surface area contributed by atoms with Crippen LogP contribution >= 0.6 is 24.0 Å². The van der Waals surface area contributed by atoms with Gasteiger partial charge in [0, 0.05) is 24.0 Å². The normalized spacial score (nSPS) is 22.7. The maximum absolute atomic E-state index is 12.6. The first-order chi connectivity index (χ1) is 11.7. The summed E-state index contributed by atoms with van der Waals surface area (Å²) in [6.45, 7) is 2.16. The van der Waals surface area contributed by atoms with Gasteiger partial charge in [0.25, 0.3) is 0 Å². The van der Waals surface area contributed by atoms with E-state index in [9.17, 15) is 4.79 Å². The van der Waals surface area contributed by atoms with Gasteiger partial charge in [-0.2, -0.15) is 0 Å². The molecule has 0 radical (unpaired) electrons. The molecule has 2 unspecified atom stereocenters. The zero-order valence-corrected chi connectivity index (χ0v) is 16.1. The molecule has 0 aromatic heterocycles. The summed E-state index contributed by atoms with van der Waals surface area (Å²) in [5, 5.41) is 7.36. The molecule has 25 heavy (non-hydrogen) atoms. The smallest absolute Gasteiger partial charge is 0.222 e. The van der Waals surface area contributed by atoms with Crippen LogP contribution in [0, 0.1) is 5.92 Å². The van der Waals surface area contributed by atoms with Gasteiger partial charge in [0.1, 0.15) is 0 Å². The van der Waals surface area contributed by atoms with Crippen molar-refractivity contribution >= 4 is 29.9 Å². The molecular weight excluding hydrogens is 359 g/mol. The highest BCUT2D eigenvalue weighted by Gasteiger charge is 2.27. The number of amides is 1. The summed E-state index contributed by atoms with van der Waals surface area (Å²) in [4.78, 5) is 12.6. The quantitative estimate of drug-likeness (QED) is 0.806. The van der Waals surface area contributed by atoms with Crippen LogP contribution in [0.15, 0.2) is 24.3 Å². The van der Waals surface area contributed by atoms with Crippen LogP contribution in [0.2, 0.25) is 5.02 Å². The molecule has 1 aliphatic heterocycles. The van der Waals surface area contributed by atoms with E-state index in [1.54, 1.807) is 0 Å². The summed E-state index contributed by atoms with van der Waals surface area (Å²) >= 11 is 6.18. The number of rotatable bonds is 5. The lowest BCUT2D eigenvalue weighted by atomic mass is 9.81. The second-order valence-electron chi connectivity index (χ2n) is 6.93. The summed E-state index contributed by atoms with van der Waals surface area (Å²) in [5.41, 5.74) is 1.12. The van der Waals surface area contributed by atoms with Crippen molar-refractivity contribution in [3.8, 4) is 0 Å². The molecule has 140 valence electrons. The van der Waals surface area contributed by atoms with Crippen LogP contribution in [-0.4, -0.2) is 31.7 Å². The van der Waals surface area contributed by atoms with E-state index >= 15 is 0 Å². The Balaban J connectivity index is 0.00000225. The molecule has 2 aliphatic rings. The molecule has 1 saturated heterocycles. The lowest BCUT2D eigenvalue weighted by Crippen LogP contribution is -2.45. The van der Waals surface area contributed by atoms with Gasteiger partial charge in [0.2, 0.25) is 5.91 Å². The van der Waals surface area contributed by atoms with Crippen molar-refractivity contribution in [2.45, 2.75) is 50.6 Å². The summed E-state index contributed by atoms with van der Waals surface area (Å²) in [5.74, 6) is 0.588. The number of benzene rings is 1. The number of hydrogen-bond acceptors (Lipinski definition) is 3. The van der Waals surface area contributed by atoms with E-state index in [1.807, 2.05) is 18.2 Å². The monoisotopic (exact) mass is 386 g/mol. The molecule has 2 fully saturated rings. The number of carbonyl (C=O) groups is 1. The molecule has 0 bridgehead atoms. The van der Waals surface area contributed by atoms with Gasteiger partial charge in [-0.3, -0.25) is 4.79 Å². The number of carbonyl (C=O) groups excluding carboxylic acids is 1. The van der Waals surface area contributed by atoms with Gasteiger partial charge in [-0.05, 0) is 36.5 Å². The lowest BCUT2D eigenvalue weighted by molar-refractivity contribution is -0.123. The van der Waals surface area contributed by atoms with Crippen molar-refractivity contribution in [2.75, 3.05) is 19.8 Å². The second kappa shape index (κ2) is 10.4. The zero-order valence-electron chi connectivity index (χ0n) is 14.5. The van der Waals surface area contributed by atoms with Crippen molar-refractivity contribution in [3.63, 3.8) is 0 Å². The molecule has 1 heterocycles. The minimum absolute atomic E-state index is 0. The molecule has 1 aromatic carbocycles. The standard InChI is InChI=1S/C19H27ClN2O2.ClH/c20-16-8-4-7-15(11-16)19(14-5-2-1-3-6-14)22-18(23)12-17-13-24-10-9-21-17;/h4,7-8,11,14,17,19,21H,1-3,5-6,9-10,12-13H2,(H,22,23);1H. The highest BCUT2D eigenvalue weighted by molar-refractivity contribution is 6.30. The Labute approximate surface area is 161 Å². The van der Waals surface area contributed by atoms with Crippen molar-refractivity contribution < 1.29 is 9.53 Å². The molecule has 2 atom stereocenters. The number of morpholine rings is 1. The predicted octanol–water partition coefficient (Wildman–Crippen LogP) is 3.88. The second-order valence-corrected chi connectivity index (χ2v) is 7.36. The molecule has 1 aliphatic carbocycles. The van der Waals surface area contributed by atoms with Crippen molar-refractivity contribution in [1.82, 2.24) is 10.6 Å². The summed E-state index contributed by atoms with van der Waals surface area (Å²) in [7, 11) is 0. The van der Waals surface area contributed by atoms with E-state index in [2.05, 4.69) is 16.7 Å². The first-order valence-electron chi connectivity index (χ1n) is 9.08. The molecule has 0 spiro atoms. The van der Waals surface area contributed by atoms with Gasteiger partial charge in [-0.1, -0.05) is 43.0 Å². The minimum atomic E-state index is 0. The fraction of sp³-hybridized carbons (Fsp3) is 0.632. The van der Waals surface area contributed by atoms with Crippen LogP contribution < -0.4 is 10.6 Å². The third-order valence-corrected chi connectivity index (χ3v) is 5.31. The van der Waals surface area contributed by atoms with Gasteiger partial charge in [-0.25, -0.2) is 0 Å². The highest BCUT2D eigenvalue weighted by Crippen LogP contribution is 2.35. The Kier molecular flexibility index (Phi) is 8.50. The van der Waals surface area contributed by atoms with Crippen LogP contribution in [0.3, 0.4) is 0 Å². The Bertz CT molecular complexity index is 544. The number of nitrogens with one attached hydrogen (secondary N) is 2. The van der Waals surface area contributed by atoms with E-state index in [4.69, 9.17) is 16.3 Å². The zero-order chi connectivity index (χ0) is 16.8. The Morgan fingerprint density at radius 2 is 2.12 bits per heavy atom. The first kappa shape index (κ1) is 20.5. The Hall–Kier alpha value is -0.810. The van der Waals surface area contributed by atoms with Crippen LogP contribution in [0.25, 0.3) is 0 Å². The Morgan fingerprint density at radius 1 is 1.32 bits per heavy atom. The van der Waals surface area contributed by atoms with E-state index < -0.39 is 0 Å². The number of hydrogen-bond donors (Lipinski definition) is 2. The van der Waals surface area contributed by atoms with Gasteiger partial charge >= 0.3 is 0 Å². The number of ether oxygens (including phenoxy) is 1. The minimum Gasteiger partial charge on any atom is -0.378 e. The fourth-order valence-corrected chi connectivity index (χ4v) is 4.05. The molecule has 4 nitrogen and oxygen atoms in total.